The first-order valence-electron chi connectivity index (χ1n) is 9.06. The Kier molecular flexibility index (Phi) is 4.38. The molecule has 1 aromatic carbocycles. The smallest absolute Gasteiger partial charge is 0.334 e. The lowest BCUT2D eigenvalue weighted by molar-refractivity contribution is -0.135. The summed E-state index contributed by atoms with van der Waals surface area (Å²) in [5.74, 6) is 1.56. The van der Waals surface area contributed by atoms with Crippen molar-refractivity contribution < 1.29 is 9.53 Å². The molecule has 0 amide bonds. The predicted molar refractivity (Wildman–Crippen MR) is 95.5 cm³/mol. The molecule has 3 atom stereocenters. The van der Waals surface area contributed by atoms with E-state index in [2.05, 4.69) is 14.9 Å². The molecule has 0 bridgehead atoms. The van der Waals surface area contributed by atoms with Gasteiger partial charge in [-0.25, -0.2) is 14.8 Å². The molecule has 2 aliphatic rings. The van der Waals surface area contributed by atoms with E-state index in [0.717, 1.165) is 18.4 Å². The minimum Gasteiger partial charge on any atom is -0.425 e. The Morgan fingerprint density at radius 2 is 1.84 bits per heavy atom. The van der Waals surface area contributed by atoms with Crippen LogP contribution in [-0.2, 0) is 4.79 Å². The third kappa shape index (κ3) is 3.23. The Hall–Kier alpha value is -2.43. The molecule has 1 saturated carbocycles. The van der Waals surface area contributed by atoms with Crippen molar-refractivity contribution in [1.82, 2.24) is 9.97 Å². The highest BCUT2D eigenvalue weighted by atomic mass is 16.5. The van der Waals surface area contributed by atoms with Crippen LogP contribution < -0.4 is 9.64 Å². The number of hydrogen-bond acceptors (Lipinski definition) is 5. The molecule has 1 saturated heterocycles. The van der Waals surface area contributed by atoms with Crippen LogP contribution in [0.15, 0.2) is 42.7 Å². The van der Waals surface area contributed by atoms with Crippen molar-refractivity contribution in [2.75, 3.05) is 4.90 Å². The van der Waals surface area contributed by atoms with E-state index in [9.17, 15) is 4.79 Å². The van der Waals surface area contributed by atoms with Crippen LogP contribution in [0, 0.1) is 12.8 Å². The fraction of sp³-hybridized carbons (Fsp3) is 0.450. The van der Waals surface area contributed by atoms with Gasteiger partial charge in [0.15, 0.2) is 0 Å². The van der Waals surface area contributed by atoms with Gasteiger partial charge >= 0.3 is 5.97 Å². The van der Waals surface area contributed by atoms with Crippen LogP contribution in [0.4, 0.5) is 5.95 Å². The fourth-order valence-corrected chi connectivity index (χ4v) is 4.17. The average Bonchev–Trinajstić information content (AvgIpc) is 3.04. The molecular weight excluding hydrogens is 314 g/mol. The zero-order chi connectivity index (χ0) is 17.2. The van der Waals surface area contributed by atoms with Crippen molar-refractivity contribution in [2.45, 2.75) is 51.1 Å². The number of carbonyl (C=O) groups is 1. The van der Waals surface area contributed by atoms with Crippen LogP contribution in [0.3, 0.4) is 0 Å². The van der Waals surface area contributed by atoms with Gasteiger partial charge in [0.1, 0.15) is 11.8 Å². The number of carbonyl (C=O) groups excluding carboxylic acids is 1. The predicted octanol–water partition coefficient (Wildman–Crippen LogP) is 3.53. The van der Waals surface area contributed by atoms with Gasteiger partial charge in [-0.05, 0) is 50.3 Å². The minimum atomic E-state index is -0.309. The van der Waals surface area contributed by atoms with Gasteiger partial charge in [-0.15, -0.1) is 0 Å². The second-order valence-electron chi connectivity index (χ2n) is 7.05. The number of nitrogens with zero attached hydrogens (tertiary/aromatic N) is 3. The summed E-state index contributed by atoms with van der Waals surface area (Å²) in [5.41, 5.74) is 1.14. The lowest BCUT2D eigenvalue weighted by Crippen LogP contribution is -2.44. The number of benzene rings is 1. The summed E-state index contributed by atoms with van der Waals surface area (Å²) in [6.07, 6.45) is 9.00. The summed E-state index contributed by atoms with van der Waals surface area (Å²) >= 11 is 0. The molecule has 2 aromatic rings. The van der Waals surface area contributed by atoms with E-state index in [-0.39, 0.29) is 12.0 Å². The first-order chi connectivity index (χ1) is 12.2. The van der Waals surface area contributed by atoms with Gasteiger partial charge in [-0.2, -0.15) is 0 Å². The van der Waals surface area contributed by atoms with Gasteiger partial charge in [0.2, 0.25) is 5.95 Å². The van der Waals surface area contributed by atoms with Crippen LogP contribution >= 0.6 is 0 Å². The average molecular weight is 337 g/mol. The minimum absolute atomic E-state index is 0.203. The molecule has 0 spiro atoms. The zero-order valence-electron chi connectivity index (χ0n) is 14.5. The Morgan fingerprint density at radius 3 is 2.60 bits per heavy atom. The highest BCUT2D eigenvalue weighted by Crippen LogP contribution is 2.41. The molecule has 1 aliphatic heterocycles. The normalized spacial score (nSPS) is 25.5. The van der Waals surface area contributed by atoms with Crippen LogP contribution in [-0.4, -0.2) is 28.0 Å². The molecule has 1 aromatic heterocycles. The zero-order valence-corrected chi connectivity index (χ0v) is 14.5. The van der Waals surface area contributed by atoms with Crippen LogP contribution in [0.5, 0.6) is 5.75 Å². The van der Waals surface area contributed by atoms with E-state index < -0.39 is 0 Å². The molecule has 1 aliphatic carbocycles. The molecule has 0 radical (unpaired) electrons. The summed E-state index contributed by atoms with van der Waals surface area (Å²) in [4.78, 5) is 23.8. The number of aromatic nitrogens is 2. The van der Waals surface area contributed by atoms with Crippen molar-refractivity contribution in [1.29, 1.82) is 0 Å². The summed E-state index contributed by atoms with van der Waals surface area (Å²) < 4.78 is 5.67. The second-order valence-corrected chi connectivity index (χ2v) is 7.05. The Bertz CT molecular complexity index is 732. The van der Waals surface area contributed by atoms with Crippen LogP contribution in [0.1, 0.15) is 37.7 Å². The molecule has 2 heterocycles. The monoisotopic (exact) mass is 337 g/mol. The topological polar surface area (TPSA) is 55.3 Å². The first kappa shape index (κ1) is 16.1. The van der Waals surface area contributed by atoms with E-state index in [1.807, 2.05) is 31.2 Å². The number of ether oxygens (including phenoxy) is 1. The maximum Gasteiger partial charge on any atom is 0.334 e. The molecular formula is C20H23N3O2. The third-order valence-electron chi connectivity index (χ3n) is 5.38. The number of fused-ring (bicyclic) bond motifs is 1. The van der Waals surface area contributed by atoms with Gasteiger partial charge in [0.25, 0.3) is 0 Å². The summed E-state index contributed by atoms with van der Waals surface area (Å²) in [6.45, 7) is 2.02. The van der Waals surface area contributed by atoms with E-state index in [1.165, 1.54) is 19.3 Å². The highest BCUT2D eigenvalue weighted by molar-refractivity contribution is 5.82. The van der Waals surface area contributed by atoms with Crippen molar-refractivity contribution in [3.8, 4) is 5.75 Å². The third-order valence-corrected chi connectivity index (χ3v) is 5.38. The Balaban J connectivity index is 1.59. The SMILES string of the molecule is Cc1ccc(OC(=O)C2CC3CCCCC3N2c2ncccn2)cc1. The molecule has 0 N–H and O–H groups in total. The van der Waals surface area contributed by atoms with Gasteiger partial charge in [-0.3, -0.25) is 0 Å². The molecule has 5 heteroatoms. The molecule has 3 unspecified atom stereocenters. The van der Waals surface area contributed by atoms with Crippen LogP contribution in [0.2, 0.25) is 0 Å². The lowest BCUT2D eigenvalue weighted by atomic mass is 9.85. The molecule has 2 fully saturated rings. The van der Waals surface area contributed by atoms with Crippen molar-refractivity contribution >= 4 is 11.9 Å². The first-order valence-corrected chi connectivity index (χ1v) is 9.06. The van der Waals surface area contributed by atoms with Crippen molar-refractivity contribution in [3.05, 3.63) is 48.3 Å². The summed E-state index contributed by atoms with van der Waals surface area (Å²) in [5, 5.41) is 0. The number of hydrogen-bond donors (Lipinski definition) is 0. The summed E-state index contributed by atoms with van der Waals surface area (Å²) in [6, 6.07) is 9.43. The lowest BCUT2D eigenvalue weighted by Gasteiger charge is -2.33. The number of esters is 1. The maximum atomic E-state index is 12.9. The van der Waals surface area contributed by atoms with E-state index >= 15 is 0 Å². The van der Waals surface area contributed by atoms with Gasteiger partial charge < -0.3 is 9.64 Å². The molecule has 4 rings (SSSR count). The van der Waals surface area contributed by atoms with Gasteiger partial charge in [-0.1, -0.05) is 30.5 Å². The van der Waals surface area contributed by atoms with Crippen molar-refractivity contribution in [3.63, 3.8) is 0 Å². The van der Waals surface area contributed by atoms with E-state index in [4.69, 9.17) is 4.74 Å². The number of aryl methyl sites for hydroxylation is 1. The Morgan fingerprint density at radius 1 is 1.12 bits per heavy atom. The van der Waals surface area contributed by atoms with Crippen LogP contribution in [0.25, 0.3) is 0 Å². The quantitative estimate of drug-likeness (QED) is 0.633. The molecule has 5 nitrogen and oxygen atoms in total. The maximum absolute atomic E-state index is 12.9. The summed E-state index contributed by atoms with van der Waals surface area (Å²) in [7, 11) is 0. The number of anilines is 1. The molecule has 130 valence electrons. The van der Waals surface area contributed by atoms with E-state index in [1.54, 1.807) is 18.5 Å². The standard InChI is InChI=1S/C20H23N3O2/c1-14-7-9-16(10-8-14)25-19(24)18-13-15-5-2-3-6-17(15)23(18)20-21-11-4-12-22-20/h4,7-12,15,17-18H,2-3,5-6,13H2,1H3. The van der Waals surface area contributed by atoms with Gasteiger partial charge in [0, 0.05) is 18.4 Å². The second kappa shape index (κ2) is 6.82. The van der Waals surface area contributed by atoms with Crippen molar-refractivity contribution in [2.24, 2.45) is 5.92 Å². The van der Waals surface area contributed by atoms with E-state index in [0.29, 0.717) is 23.7 Å². The highest BCUT2D eigenvalue weighted by Gasteiger charge is 2.47. The van der Waals surface area contributed by atoms with Gasteiger partial charge in [0.05, 0.1) is 0 Å². The molecule has 25 heavy (non-hydrogen) atoms. The number of rotatable bonds is 3. The Labute approximate surface area is 148 Å². The largest absolute Gasteiger partial charge is 0.425 e. The fourth-order valence-electron chi connectivity index (χ4n) is 4.17.